The number of amides is 1. The Morgan fingerprint density at radius 1 is 1.11 bits per heavy atom. The van der Waals surface area contributed by atoms with E-state index < -0.39 is 0 Å². The van der Waals surface area contributed by atoms with Gasteiger partial charge in [-0.3, -0.25) is 4.79 Å². The molecule has 140 valence electrons. The van der Waals surface area contributed by atoms with Gasteiger partial charge in [0.15, 0.2) is 11.5 Å². The zero-order chi connectivity index (χ0) is 19.1. The molecule has 0 bridgehead atoms. The fraction of sp³-hybridized carbons (Fsp3) is 0.286. The predicted octanol–water partition coefficient (Wildman–Crippen LogP) is 4.35. The molecule has 1 amide bonds. The maximum atomic E-state index is 13.2. The van der Waals surface area contributed by atoms with Crippen molar-refractivity contribution in [2.24, 2.45) is 0 Å². The third-order valence-electron chi connectivity index (χ3n) is 5.24. The lowest BCUT2D eigenvalue weighted by Gasteiger charge is -2.29. The molecule has 2 aromatic carbocycles. The Morgan fingerprint density at radius 3 is 2.52 bits per heavy atom. The number of hydrogen-bond acceptors (Lipinski definition) is 3. The van der Waals surface area contributed by atoms with Crippen LogP contribution >= 0.6 is 11.6 Å². The number of carbonyl (C=O) groups excluding carboxylic acids is 1. The fourth-order valence-corrected chi connectivity index (χ4v) is 3.90. The molecule has 0 fully saturated rings. The van der Waals surface area contributed by atoms with Crippen LogP contribution in [0.3, 0.4) is 0 Å². The summed E-state index contributed by atoms with van der Waals surface area (Å²) in [5, 5.41) is 1.64. The molecule has 5 nitrogen and oxygen atoms in total. The number of aromatic amines is 1. The molecule has 0 spiro atoms. The molecule has 0 aliphatic carbocycles. The summed E-state index contributed by atoms with van der Waals surface area (Å²) in [6.07, 6.45) is 0.784. The number of rotatable bonds is 3. The maximum absolute atomic E-state index is 13.2. The number of methoxy groups -OCH3 is 2. The van der Waals surface area contributed by atoms with Gasteiger partial charge in [-0.05, 0) is 60.4 Å². The van der Waals surface area contributed by atoms with E-state index in [9.17, 15) is 4.79 Å². The minimum absolute atomic E-state index is 0.000238. The van der Waals surface area contributed by atoms with Crippen molar-refractivity contribution in [3.05, 3.63) is 57.7 Å². The SMILES string of the molecule is COc1cc2c(cc1OC)CN(C(=O)c1[nH]c3ccc(Cl)cc3c1C)CC2. The zero-order valence-electron chi connectivity index (χ0n) is 15.6. The molecular weight excluding hydrogens is 364 g/mol. The van der Waals surface area contributed by atoms with E-state index in [0.717, 1.165) is 34.2 Å². The molecule has 1 aliphatic rings. The van der Waals surface area contributed by atoms with Gasteiger partial charge in [-0.15, -0.1) is 0 Å². The van der Waals surface area contributed by atoms with Gasteiger partial charge in [0.1, 0.15) is 5.69 Å². The molecular formula is C21H21ClN2O3. The van der Waals surface area contributed by atoms with Crippen molar-refractivity contribution in [1.29, 1.82) is 0 Å². The monoisotopic (exact) mass is 384 g/mol. The number of hydrogen-bond donors (Lipinski definition) is 1. The maximum Gasteiger partial charge on any atom is 0.270 e. The summed E-state index contributed by atoms with van der Waals surface area (Å²) < 4.78 is 10.8. The van der Waals surface area contributed by atoms with Crippen LogP contribution < -0.4 is 9.47 Å². The Labute approximate surface area is 162 Å². The first kappa shape index (κ1) is 17.7. The van der Waals surface area contributed by atoms with Crippen LogP contribution in [0.5, 0.6) is 11.5 Å². The molecule has 0 saturated carbocycles. The average molecular weight is 385 g/mol. The van der Waals surface area contributed by atoms with Gasteiger partial charge in [0, 0.05) is 29.0 Å². The molecule has 27 heavy (non-hydrogen) atoms. The Hall–Kier alpha value is -2.66. The van der Waals surface area contributed by atoms with Gasteiger partial charge in [0.05, 0.1) is 14.2 Å². The zero-order valence-corrected chi connectivity index (χ0v) is 16.3. The van der Waals surface area contributed by atoms with Gasteiger partial charge >= 0.3 is 0 Å². The van der Waals surface area contributed by atoms with Crippen LogP contribution in [0.1, 0.15) is 27.2 Å². The lowest BCUT2D eigenvalue weighted by atomic mass is 9.98. The third-order valence-corrected chi connectivity index (χ3v) is 5.47. The van der Waals surface area contributed by atoms with E-state index in [4.69, 9.17) is 21.1 Å². The summed E-state index contributed by atoms with van der Waals surface area (Å²) in [7, 11) is 3.25. The molecule has 0 saturated heterocycles. The van der Waals surface area contributed by atoms with Crippen molar-refractivity contribution >= 4 is 28.4 Å². The van der Waals surface area contributed by atoms with Crippen molar-refractivity contribution in [3.8, 4) is 11.5 Å². The largest absolute Gasteiger partial charge is 0.493 e. The number of nitrogens with one attached hydrogen (secondary N) is 1. The van der Waals surface area contributed by atoms with Crippen LogP contribution in [-0.4, -0.2) is 36.6 Å². The number of halogens is 1. The first-order valence-electron chi connectivity index (χ1n) is 8.82. The lowest BCUT2D eigenvalue weighted by molar-refractivity contribution is 0.0728. The first-order chi connectivity index (χ1) is 13.0. The van der Waals surface area contributed by atoms with Gasteiger partial charge in [-0.2, -0.15) is 0 Å². The number of ether oxygens (including phenoxy) is 2. The molecule has 3 aromatic rings. The van der Waals surface area contributed by atoms with E-state index in [-0.39, 0.29) is 5.91 Å². The molecule has 6 heteroatoms. The molecule has 1 aromatic heterocycles. The van der Waals surface area contributed by atoms with Crippen molar-refractivity contribution in [3.63, 3.8) is 0 Å². The number of aromatic nitrogens is 1. The number of aryl methyl sites for hydroxylation is 1. The average Bonchev–Trinajstić information content (AvgIpc) is 3.01. The number of carbonyl (C=O) groups is 1. The van der Waals surface area contributed by atoms with Gasteiger partial charge in [0.25, 0.3) is 5.91 Å². The number of fused-ring (bicyclic) bond motifs is 2. The molecule has 0 atom stereocenters. The Kier molecular flexibility index (Phi) is 4.48. The van der Waals surface area contributed by atoms with E-state index in [2.05, 4.69) is 4.98 Å². The highest BCUT2D eigenvalue weighted by molar-refractivity contribution is 6.31. The number of nitrogens with zero attached hydrogens (tertiary/aromatic N) is 1. The number of benzene rings is 2. The van der Waals surface area contributed by atoms with Crippen LogP contribution in [0, 0.1) is 6.92 Å². The van der Waals surface area contributed by atoms with Crippen LogP contribution in [0.25, 0.3) is 10.9 Å². The lowest BCUT2D eigenvalue weighted by Crippen LogP contribution is -2.36. The quantitative estimate of drug-likeness (QED) is 0.730. The highest BCUT2D eigenvalue weighted by Crippen LogP contribution is 2.34. The molecule has 1 N–H and O–H groups in total. The summed E-state index contributed by atoms with van der Waals surface area (Å²) >= 11 is 6.11. The van der Waals surface area contributed by atoms with Gasteiger partial charge in [-0.25, -0.2) is 0 Å². The molecule has 0 unspecified atom stereocenters. The van der Waals surface area contributed by atoms with Crippen LogP contribution in [0.4, 0.5) is 0 Å². The summed E-state index contributed by atoms with van der Waals surface area (Å²) in [5.41, 5.74) is 4.75. The van der Waals surface area contributed by atoms with Crippen molar-refractivity contribution in [2.45, 2.75) is 19.9 Å². The first-order valence-corrected chi connectivity index (χ1v) is 9.20. The van der Waals surface area contributed by atoms with Crippen molar-refractivity contribution in [2.75, 3.05) is 20.8 Å². The van der Waals surface area contributed by atoms with E-state index in [1.807, 2.05) is 42.2 Å². The van der Waals surface area contributed by atoms with E-state index >= 15 is 0 Å². The second-order valence-corrected chi connectivity index (χ2v) is 7.20. The summed E-state index contributed by atoms with van der Waals surface area (Å²) in [5.74, 6) is 1.40. The third kappa shape index (κ3) is 3.02. The predicted molar refractivity (Wildman–Crippen MR) is 106 cm³/mol. The van der Waals surface area contributed by atoms with Gasteiger partial charge in [0.2, 0.25) is 0 Å². The second kappa shape index (κ2) is 6.82. The second-order valence-electron chi connectivity index (χ2n) is 6.77. The summed E-state index contributed by atoms with van der Waals surface area (Å²) in [4.78, 5) is 18.3. The van der Waals surface area contributed by atoms with Crippen LogP contribution in [-0.2, 0) is 13.0 Å². The van der Waals surface area contributed by atoms with E-state index in [0.29, 0.717) is 29.6 Å². The minimum atomic E-state index is 0.000238. The highest BCUT2D eigenvalue weighted by Gasteiger charge is 2.26. The van der Waals surface area contributed by atoms with E-state index in [1.165, 1.54) is 5.56 Å². The summed E-state index contributed by atoms with van der Waals surface area (Å²) in [6, 6.07) is 9.59. The fourth-order valence-electron chi connectivity index (χ4n) is 3.73. The standard InChI is InChI=1S/C21H21ClN2O3/c1-12-16-10-15(22)4-5-17(16)23-20(12)21(25)24-7-6-13-8-18(26-2)19(27-3)9-14(13)11-24/h4-5,8-10,23H,6-7,11H2,1-3H3. The van der Waals surface area contributed by atoms with Crippen molar-refractivity contribution in [1.82, 2.24) is 9.88 Å². The molecule has 0 radical (unpaired) electrons. The Morgan fingerprint density at radius 2 is 1.81 bits per heavy atom. The van der Waals surface area contributed by atoms with Gasteiger partial charge in [-0.1, -0.05) is 11.6 Å². The number of H-pyrrole nitrogens is 1. The van der Waals surface area contributed by atoms with Crippen molar-refractivity contribution < 1.29 is 14.3 Å². The highest BCUT2D eigenvalue weighted by atomic mass is 35.5. The molecule has 1 aliphatic heterocycles. The summed E-state index contributed by atoms with van der Waals surface area (Å²) in [6.45, 7) is 3.16. The smallest absolute Gasteiger partial charge is 0.270 e. The molecule has 2 heterocycles. The van der Waals surface area contributed by atoms with Crippen LogP contribution in [0.2, 0.25) is 5.02 Å². The minimum Gasteiger partial charge on any atom is -0.493 e. The van der Waals surface area contributed by atoms with E-state index in [1.54, 1.807) is 14.2 Å². The van der Waals surface area contributed by atoms with Gasteiger partial charge < -0.3 is 19.4 Å². The normalized spacial score (nSPS) is 13.6. The van der Waals surface area contributed by atoms with Crippen LogP contribution in [0.15, 0.2) is 30.3 Å². The Bertz CT molecular complexity index is 1040. The molecule has 4 rings (SSSR count). The topological polar surface area (TPSA) is 54.6 Å². The Balaban J connectivity index is 1.66.